The summed E-state index contributed by atoms with van der Waals surface area (Å²) in [6.45, 7) is 2.55. The minimum Gasteiger partial charge on any atom is -0.340 e. The van der Waals surface area contributed by atoms with Gasteiger partial charge in [0.2, 0.25) is 5.89 Å². The molecule has 0 N–H and O–H groups in total. The fraction of sp³-hybridized carbons (Fsp3) is 0.308. The minimum absolute atomic E-state index is 0.207. The van der Waals surface area contributed by atoms with Gasteiger partial charge in [-0.05, 0) is 19.1 Å². The van der Waals surface area contributed by atoms with Gasteiger partial charge < -0.3 is 9.09 Å². The zero-order valence-corrected chi connectivity index (χ0v) is 12.3. The lowest BCUT2D eigenvalue weighted by Crippen LogP contribution is -2.07. The molecule has 0 saturated carbocycles. The summed E-state index contributed by atoms with van der Waals surface area (Å²) in [5.41, 5.74) is 1.72. The zero-order chi connectivity index (χ0) is 14.1. The van der Waals surface area contributed by atoms with Crippen LogP contribution in [0.25, 0.3) is 11.0 Å². The Balaban J connectivity index is 2.02. The van der Waals surface area contributed by atoms with E-state index in [4.69, 9.17) is 27.7 Å². The van der Waals surface area contributed by atoms with Crippen molar-refractivity contribution in [2.75, 3.05) is 0 Å². The molecule has 0 aliphatic rings. The number of nitrogens with zero attached hydrogens (tertiary/aromatic N) is 4. The van der Waals surface area contributed by atoms with Crippen molar-refractivity contribution in [3.8, 4) is 0 Å². The second kappa shape index (κ2) is 5.42. The molecule has 1 aromatic carbocycles. The molecule has 3 aromatic rings. The van der Waals surface area contributed by atoms with Gasteiger partial charge in [-0.1, -0.05) is 22.8 Å². The quantitative estimate of drug-likeness (QED) is 0.691. The van der Waals surface area contributed by atoms with Crippen molar-refractivity contribution in [1.82, 2.24) is 19.7 Å². The second-order valence-electron chi connectivity index (χ2n) is 4.43. The van der Waals surface area contributed by atoms with E-state index in [0.29, 0.717) is 23.9 Å². The highest BCUT2D eigenvalue weighted by Crippen LogP contribution is 2.28. The van der Waals surface area contributed by atoms with Crippen LogP contribution in [0.1, 0.15) is 24.0 Å². The number of rotatable bonds is 4. The second-order valence-corrected chi connectivity index (χ2v) is 5.49. The maximum absolute atomic E-state index is 6.21. The molecule has 7 heteroatoms. The molecule has 0 saturated heterocycles. The Labute approximate surface area is 125 Å². The molecular formula is C13H12Cl2N4O. The Morgan fingerprint density at radius 1 is 1.40 bits per heavy atom. The third-order valence-corrected chi connectivity index (χ3v) is 3.57. The first-order chi connectivity index (χ1) is 9.66. The van der Waals surface area contributed by atoms with Crippen LogP contribution in [0.15, 0.2) is 29.0 Å². The average molecular weight is 311 g/mol. The molecule has 0 amide bonds. The lowest BCUT2D eigenvalue weighted by Gasteiger charge is -2.08. The summed E-state index contributed by atoms with van der Waals surface area (Å²) in [6, 6.07) is 5.70. The van der Waals surface area contributed by atoms with E-state index in [-0.39, 0.29) is 5.38 Å². The summed E-state index contributed by atoms with van der Waals surface area (Å²) in [6.07, 6.45) is 2.01. The Morgan fingerprint density at radius 3 is 2.95 bits per heavy atom. The van der Waals surface area contributed by atoms with E-state index in [2.05, 4.69) is 15.1 Å². The largest absolute Gasteiger partial charge is 0.340 e. The predicted octanol–water partition coefficient (Wildman–Crippen LogP) is 3.62. The van der Waals surface area contributed by atoms with E-state index in [1.165, 1.54) is 6.33 Å². The molecular weight excluding hydrogens is 299 g/mol. The van der Waals surface area contributed by atoms with E-state index in [9.17, 15) is 0 Å². The Morgan fingerprint density at radius 2 is 2.25 bits per heavy atom. The van der Waals surface area contributed by atoms with Gasteiger partial charge in [-0.15, -0.1) is 11.6 Å². The van der Waals surface area contributed by atoms with Gasteiger partial charge in [0.15, 0.2) is 6.33 Å². The molecule has 3 rings (SSSR count). The first-order valence-corrected chi connectivity index (χ1v) is 7.02. The maximum Gasteiger partial charge on any atom is 0.228 e. The molecule has 5 nitrogen and oxygen atoms in total. The number of benzene rings is 1. The van der Waals surface area contributed by atoms with Crippen LogP contribution in [0, 0.1) is 0 Å². The number of hydrogen-bond donors (Lipinski definition) is 0. The minimum atomic E-state index is -0.207. The Kier molecular flexibility index (Phi) is 3.63. The van der Waals surface area contributed by atoms with Gasteiger partial charge >= 0.3 is 0 Å². The van der Waals surface area contributed by atoms with Gasteiger partial charge in [0, 0.05) is 13.0 Å². The van der Waals surface area contributed by atoms with E-state index >= 15 is 0 Å². The third kappa shape index (κ3) is 2.39. The van der Waals surface area contributed by atoms with Gasteiger partial charge in [0.25, 0.3) is 0 Å². The summed E-state index contributed by atoms with van der Waals surface area (Å²) in [7, 11) is 0. The lowest BCUT2D eigenvalue weighted by molar-refractivity contribution is 0.371. The number of hydrogen-bond acceptors (Lipinski definition) is 4. The number of fused-ring (bicyclic) bond motifs is 1. The van der Waals surface area contributed by atoms with Crippen molar-refractivity contribution in [1.29, 1.82) is 0 Å². The standard InChI is InChI=1S/C13H12Cl2N4O/c1-8(14)13-18-12-9(15)3-2-4-10(12)19(13)6-5-11-16-7-17-20-11/h2-4,7-8H,5-6H2,1H3. The summed E-state index contributed by atoms with van der Waals surface area (Å²) < 4.78 is 7.06. The summed E-state index contributed by atoms with van der Waals surface area (Å²) in [5.74, 6) is 1.37. The molecule has 2 aromatic heterocycles. The first-order valence-electron chi connectivity index (χ1n) is 6.21. The zero-order valence-electron chi connectivity index (χ0n) is 10.8. The van der Waals surface area contributed by atoms with Crippen LogP contribution in [-0.2, 0) is 13.0 Å². The summed E-state index contributed by atoms with van der Waals surface area (Å²) in [4.78, 5) is 8.56. The van der Waals surface area contributed by atoms with Crippen LogP contribution in [0.3, 0.4) is 0 Å². The van der Waals surface area contributed by atoms with Gasteiger partial charge in [-0.2, -0.15) is 4.98 Å². The number of imidazole rings is 1. The van der Waals surface area contributed by atoms with Crippen LogP contribution in [0.2, 0.25) is 5.02 Å². The summed E-state index contributed by atoms with van der Waals surface area (Å²) in [5, 5.41) is 4.01. The average Bonchev–Trinajstić information content (AvgIpc) is 3.03. The van der Waals surface area contributed by atoms with Crippen molar-refractivity contribution in [3.05, 3.63) is 41.3 Å². The van der Waals surface area contributed by atoms with Crippen LogP contribution in [0.4, 0.5) is 0 Å². The monoisotopic (exact) mass is 310 g/mol. The number of aryl methyl sites for hydroxylation is 2. The van der Waals surface area contributed by atoms with Crippen molar-refractivity contribution in [2.45, 2.75) is 25.3 Å². The highest BCUT2D eigenvalue weighted by molar-refractivity contribution is 6.35. The number of aromatic nitrogens is 4. The smallest absolute Gasteiger partial charge is 0.228 e. The highest BCUT2D eigenvalue weighted by Gasteiger charge is 2.17. The summed E-state index contributed by atoms with van der Waals surface area (Å²) >= 11 is 12.4. The number of halogens is 2. The van der Waals surface area contributed by atoms with Crippen molar-refractivity contribution in [2.24, 2.45) is 0 Å². The van der Waals surface area contributed by atoms with Gasteiger partial charge in [0.05, 0.1) is 15.9 Å². The van der Waals surface area contributed by atoms with Crippen LogP contribution in [0.5, 0.6) is 0 Å². The van der Waals surface area contributed by atoms with Crippen molar-refractivity contribution >= 4 is 34.2 Å². The van der Waals surface area contributed by atoms with Crippen LogP contribution < -0.4 is 0 Å². The Hall–Kier alpha value is -1.59. The SMILES string of the molecule is CC(Cl)c1nc2c(Cl)cccc2n1CCc1ncno1. The molecule has 0 aliphatic carbocycles. The van der Waals surface area contributed by atoms with Gasteiger partial charge in [-0.25, -0.2) is 4.98 Å². The number of para-hydroxylation sites is 1. The molecule has 0 bridgehead atoms. The van der Waals surface area contributed by atoms with E-state index in [1.54, 1.807) is 0 Å². The van der Waals surface area contributed by atoms with Crippen molar-refractivity contribution < 1.29 is 4.52 Å². The van der Waals surface area contributed by atoms with Crippen LogP contribution >= 0.6 is 23.2 Å². The normalized spacial score (nSPS) is 12.9. The fourth-order valence-electron chi connectivity index (χ4n) is 2.18. The molecule has 20 heavy (non-hydrogen) atoms. The highest BCUT2D eigenvalue weighted by atomic mass is 35.5. The van der Waals surface area contributed by atoms with Gasteiger partial charge in [0.1, 0.15) is 11.3 Å². The molecule has 2 heterocycles. The van der Waals surface area contributed by atoms with Gasteiger partial charge in [-0.3, -0.25) is 0 Å². The maximum atomic E-state index is 6.21. The van der Waals surface area contributed by atoms with E-state index < -0.39 is 0 Å². The van der Waals surface area contributed by atoms with E-state index in [1.807, 2.05) is 29.7 Å². The molecule has 1 atom stereocenters. The van der Waals surface area contributed by atoms with Crippen molar-refractivity contribution in [3.63, 3.8) is 0 Å². The first kappa shape index (κ1) is 13.4. The lowest BCUT2D eigenvalue weighted by atomic mass is 10.3. The fourth-order valence-corrected chi connectivity index (χ4v) is 2.56. The predicted molar refractivity (Wildman–Crippen MR) is 77.0 cm³/mol. The molecule has 0 spiro atoms. The molecule has 1 unspecified atom stereocenters. The molecule has 0 aliphatic heterocycles. The topological polar surface area (TPSA) is 56.7 Å². The third-order valence-electron chi connectivity index (χ3n) is 3.07. The van der Waals surface area contributed by atoms with Crippen LogP contribution in [-0.4, -0.2) is 19.7 Å². The number of alkyl halides is 1. The Bertz CT molecular complexity index is 721. The molecule has 0 radical (unpaired) electrons. The molecule has 104 valence electrons. The molecule has 0 fully saturated rings. The van der Waals surface area contributed by atoms with E-state index in [0.717, 1.165) is 16.9 Å².